The van der Waals surface area contributed by atoms with Gasteiger partial charge in [0.2, 0.25) is 0 Å². The number of rotatable bonds is 2. The fourth-order valence-electron chi connectivity index (χ4n) is 5.08. The van der Waals surface area contributed by atoms with Crippen molar-refractivity contribution >= 4 is 17.1 Å². The number of nitrogens with one attached hydrogen (secondary N) is 1. The van der Waals surface area contributed by atoms with Crippen LogP contribution in [0.25, 0.3) is 0 Å². The van der Waals surface area contributed by atoms with Crippen LogP contribution in [0.15, 0.2) is 91.0 Å². The van der Waals surface area contributed by atoms with Gasteiger partial charge in [0, 0.05) is 17.5 Å². The Hall–Kier alpha value is -3.52. The first-order chi connectivity index (χ1) is 13.8. The second-order valence-electron chi connectivity index (χ2n) is 7.64. The summed E-state index contributed by atoms with van der Waals surface area (Å²) >= 11 is 0. The highest BCUT2D eigenvalue weighted by Gasteiger charge is 2.42. The molecular weight excluding hydrogens is 340 g/mol. The van der Waals surface area contributed by atoms with Crippen molar-refractivity contribution in [2.45, 2.75) is 11.8 Å². The Morgan fingerprint density at radius 1 is 0.500 bits per heavy atom. The molecule has 2 nitrogen and oxygen atoms in total. The summed E-state index contributed by atoms with van der Waals surface area (Å²) < 4.78 is 0. The standard InChI is InChI=1S/C26H20N2/c27-21-13-5-6-14-22(21)28-23-15-7-12-20-24-16-8-1-3-10-18(16)25(26(20)23)19-11-4-2-9-17(19)24/h1-15,24-25,28H,27H2. The molecule has 0 fully saturated rings. The van der Waals surface area contributed by atoms with Crippen molar-refractivity contribution < 1.29 is 0 Å². The van der Waals surface area contributed by atoms with Crippen molar-refractivity contribution in [3.63, 3.8) is 0 Å². The van der Waals surface area contributed by atoms with E-state index >= 15 is 0 Å². The molecule has 0 spiro atoms. The predicted molar refractivity (Wildman–Crippen MR) is 115 cm³/mol. The van der Waals surface area contributed by atoms with Gasteiger partial charge in [0.15, 0.2) is 0 Å². The molecule has 0 aromatic heterocycles. The topological polar surface area (TPSA) is 38.0 Å². The highest BCUT2D eigenvalue weighted by atomic mass is 14.9. The van der Waals surface area contributed by atoms with Crippen molar-refractivity contribution in [2.24, 2.45) is 0 Å². The Kier molecular flexibility index (Phi) is 3.18. The third-order valence-corrected chi connectivity index (χ3v) is 6.21. The highest BCUT2D eigenvalue weighted by molar-refractivity contribution is 5.79. The molecule has 3 aliphatic rings. The fraction of sp³-hybridized carbons (Fsp3) is 0.0769. The molecular formula is C26H20N2. The van der Waals surface area contributed by atoms with Crippen LogP contribution in [0.2, 0.25) is 0 Å². The smallest absolute Gasteiger partial charge is 0.0617 e. The Balaban J connectivity index is 1.60. The van der Waals surface area contributed by atoms with Gasteiger partial charge in [-0.1, -0.05) is 72.8 Å². The summed E-state index contributed by atoms with van der Waals surface area (Å²) in [5.74, 6) is 0.545. The third-order valence-electron chi connectivity index (χ3n) is 6.21. The molecule has 28 heavy (non-hydrogen) atoms. The molecule has 2 bridgehead atoms. The monoisotopic (exact) mass is 360 g/mol. The average molecular weight is 360 g/mol. The summed E-state index contributed by atoms with van der Waals surface area (Å²) in [5.41, 5.74) is 17.6. The van der Waals surface area contributed by atoms with Crippen LogP contribution in [-0.4, -0.2) is 0 Å². The Bertz CT molecular complexity index is 1180. The van der Waals surface area contributed by atoms with Crippen LogP contribution in [0, 0.1) is 0 Å². The number of nitrogen functional groups attached to an aromatic ring is 1. The zero-order valence-corrected chi connectivity index (χ0v) is 15.4. The molecule has 4 aromatic rings. The maximum absolute atomic E-state index is 6.21. The molecule has 0 radical (unpaired) electrons. The van der Waals surface area contributed by atoms with Crippen LogP contribution >= 0.6 is 0 Å². The maximum Gasteiger partial charge on any atom is 0.0617 e. The largest absolute Gasteiger partial charge is 0.397 e. The van der Waals surface area contributed by atoms with Gasteiger partial charge in [0.25, 0.3) is 0 Å². The number of anilines is 3. The molecule has 0 saturated carbocycles. The molecule has 0 atom stereocenters. The van der Waals surface area contributed by atoms with E-state index in [4.69, 9.17) is 5.73 Å². The van der Waals surface area contributed by atoms with Crippen molar-refractivity contribution in [1.82, 2.24) is 0 Å². The maximum atomic E-state index is 6.21. The molecule has 3 aliphatic carbocycles. The number of hydrogen-bond donors (Lipinski definition) is 2. The van der Waals surface area contributed by atoms with Crippen LogP contribution in [-0.2, 0) is 0 Å². The number of nitrogens with two attached hydrogens (primary N) is 1. The molecule has 0 amide bonds. The quantitative estimate of drug-likeness (QED) is 0.372. The van der Waals surface area contributed by atoms with Gasteiger partial charge in [-0.15, -0.1) is 0 Å². The van der Waals surface area contributed by atoms with E-state index in [9.17, 15) is 0 Å². The molecule has 7 rings (SSSR count). The summed E-state index contributed by atoms with van der Waals surface area (Å²) in [6.45, 7) is 0. The van der Waals surface area contributed by atoms with E-state index in [0.29, 0.717) is 5.92 Å². The number of para-hydroxylation sites is 2. The van der Waals surface area contributed by atoms with Gasteiger partial charge in [-0.3, -0.25) is 0 Å². The zero-order chi connectivity index (χ0) is 18.7. The van der Waals surface area contributed by atoms with Crippen molar-refractivity contribution in [3.8, 4) is 0 Å². The number of benzene rings is 4. The SMILES string of the molecule is Nc1ccccc1Nc1cccc2c1C1c3ccccc3C2c2ccccc21. The molecule has 0 unspecified atom stereocenters. The van der Waals surface area contributed by atoms with E-state index in [2.05, 4.69) is 72.0 Å². The highest BCUT2D eigenvalue weighted by Crippen LogP contribution is 2.57. The van der Waals surface area contributed by atoms with Crippen LogP contribution in [0.3, 0.4) is 0 Å². The third kappa shape index (κ3) is 2.03. The second kappa shape index (κ2) is 5.74. The van der Waals surface area contributed by atoms with E-state index in [1.165, 1.54) is 33.4 Å². The molecule has 0 aliphatic heterocycles. The molecule has 0 heterocycles. The van der Waals surface area contributed by atoms with Crippen LogP contribution in [0.1, 0.15) is 45.2 Å². The summed E-state index contributed by atoms with van der Waals surface area (Å²) in [6.07, 6.45) is 0. The van der Waals surface area contributed by atoms with E-state index in [1.807, 2.05) is 24.3 Å². The first-order valence-corrected chi connectivity index (χ1v) is 9.75. The van der Waals surface area contributed by atoms with Gasteiger partial charge in [-0.25, -0.2) is 0 Å². The van der Waals surface area contributed by atoms with E-state index in [-0.39, 0.29) is 5.92 Å². The van der Waals surface area contributed by atoms with Crippen molar-refractivity contribution in [3.05, 3.63) is 124 Å². The predicted octanol–water partition coefficient (Wildman–Crippen LogP) is 6.00. The van der Waals surface area contributed by atoms with Gasteiger partial charge in [-0.05, 0) is 51.6 Å². The lowest BCUT2D eigenvalue weighted by Gasteiger charge is -2.43. The summed E-state index contributed by atoms with van der Waals surface area (Å²) in [6, 6.07) is 32.4. The Morgan fingerprint density at radius 3 is 1.64 bits per heavy atom. The minimum atomic E-state index is 0.251. The van der Waals surface area contributed by atoms with E-state index < -0.39 is 0 Å². The Morgan fingerprint density at radius 2 is 1.00 bits per heavy atom. The van der Waals surface area contributed by atoms with Gasteiger partial charge < -0.3 is 11.1 Å². The summed E-state index contributed by atoms with van der Waals surface area (Å²) in [5, 5.41) is 3.62. The minimum absolute atomic E-state index is 0.251. The first-order valence-electron chi connectivity index (χ1n) is 9.75. The number of hydrogen-bond acceptors (Lipinski definition) is 2. The van der Waals surface area contributed by atoms with Crippen LogP contribution in [0.5, 0.6) is 0 Å². The minimum Gasteiger partial charge on any atom is -0.397 e. The molecule has 4 aromatic carbocycles. The first kappa shape index (κ1) is 15.5. The normalized spacial score (nSPS) is 18.1. The fourth-order valence-corrected chi connectivity index (χ4v) is 5.08. The lowest BCUT2D eigenvalue weighted by atomic mass is 9.61. The van der Waals surface area contributed by atoms with Gasteiger partial charge in [-0.2, -0.15) is 0 Å². The summed E-state index contributed by atoms with van der Waals surface area (Å²) in [7, 11) is 0. The molecule has 3 N–H and O–H groups in total. The zero-order valence-electron chi connectivity index (χ0n) is 15.4. The van der Waals surface area contributed by atoms with E-state index in [1.54, 1.807) is 0 Å². The molecule has 2 heteroatoms. The van der Waals surface area contributed by atoms with Crippen molar-refractivity contribution in [2.75, 3.05) is 11.1 Å². The summed E-state index contributed by atoms with van der Waals surface area (Å²) in [4.78, 5) is 0. The van der Waals surface area contributed by atoms with E-state index in [0.717, 1.165) is 17.1 Å². The van der Waals surface area contributed by atoms with Gasteiger partial charge >= 0.3 is 0 Å². The Labute approximate surface area is 164 Å². The van der Waals surface area contributed by atoms with Crippen LogP contribution < -0.4 is 11.1 Å². The average Bonchev–Trinajstić information content (AvgIpc) is 2.75. The molecule has 134 valence electrons. The van der Waals surface area contributed by atoms with Crippen LogP contribution in [0.4, 0.5) is 17.1 Å². The lowest BCUT2D eigenvalue weighted by Crippen LogP contribution is -2.28. The lowest BCUT2D eigenvalue weighted by molar-refractivity contribution is 0.756. The van der Waals surface area contributed by atoms with Gasteiger partial charge in [0.1, 0.15) is 0 Å². The second-order valence-corrected chi connectivity index (χ2v) is 7.64. The molecule has 0 saturated heterocycles. The van der Waals surface area contributed by atoms with Crippen molar-refractivity contribution in [1.29, 1.82) is 0 Å². The van der Waals surface area contributed by atoms with Gasteiger partial charge in [0.05, 0.1) is 11.4 Å².